The second-order valence-corrected chi connectivity index (χ2v) is 5.51. The molecule has 0 saturated carbocycles. The van der Waals surface area contributed by atoms with Crippen molar-refractivity contribution in [3.63, 3.8) is 0 Å². The van der Waals surface area contributed by atoms with Crippen LogP contribution in [0, 0.1) is 5.92 Å². The summed E-state index contributed by atoms with van der Waals surface area (Å²) in [6, 6.07) is 8.19. The van der Waals surface area contributed by atoms with E-state index >= 15 is 0 Å². The maximum atomic E-state index is 12.0. The van der Waals surface area contributed by atoms with Crippen LogP contribution in [0.5, 0.6) is 0 Å². The van der Waals surface area contributed by atoms with Gasteiger partial charge in [0.05, 0.1) is 6.04 Å². The van der Waals surface area contributed by atoms with Crippen LogP contribution in [-0.4, -0.2) is 23.1 Å². The molecule has 116 valence electrons. The van der Waals surface area contributed by atoms with Crippen molar-refractivity contribution in [2.24, 2.45) is 5.92 Å². The number of benzene rings is 1. The molecule has 5 nitrogen and oxygen atoms in total. The summed E-state index contributed by atoms with van der Waals surface area (Å²) in [5.41, 5.74) is 1.01. The zero-order valence-electron chi connectivity index (χ0n) is 12.8. The minimum Gasteiger partial charge on any atom is -0.480 e. The number of carbonyl (C=O) groups excluding carboxylic acids is 1. The van der Waals surface area contributed by atoms with Crippen LogP contribution in [0.25, 0.3) is 0 Å². The lowest BCUT2D eigenvalue weighted by molar-refractivity contribution is -0.139. The molecule has 2 amide bonds. The van der Waals surface area contributed by atoms with E-state index < -0.39 is 18.0 Å². The molecule has 2 atom stereocenters. The summed E-state index contributed by atoms with van der Waals surface area (Å²) < 4.78 is 0. The van der Waals surface area contributed by atoms with Crippen LogP contribution in [0.2, 0.25) is 0 Å². The van der Waals surface area contributed by atoms with E-state index in [-0.39, 0.29) is 12.0 Å². The van der Waals surface area contributed by atoms with E-state index in [2.05, 4.69) is 10.6 Å². The van der Waals surface area contributed by atoms with Gasteiger partial charge in [-0.25, -0.2) is 9.59 Å². The number of amides is 2. The molecule has 0 fully saturated rings. The van der Waals surface area contributed by atoms with Crippen molar-refractivity contribution in [1.82, 2.24) is 10.6 Å². The number of hydrogen-bond donors (Lipinski definition) is 3. The molecule has 0 aliphatic carbocycles. The van der Waals surface area contributed by atoms with Crippen LogP contribution in [-0.2, 0) is 4.79 Å². The molecular weight excluding hydrogens is 268 g/mol. The second kappa shape index (κ2) is 8.29. The van der Waals surface area contributed by atoms with Gasteiger partial charge in [0.2, 0.25) is 0 Å². The smallest absolute Gasteiger partial charge is 0.326 e. The van der Waals surface area contributed by atoms with Gasteiger partial charge in [0, 0.05) is 0 Å². The Balaban J connectivity index is 2.64. The van der Waals surface area contributed by atoms with Crippen LogP contribution < -0.4 is 10.6 Å². The fraction of sp³-hybridized carbons (Fsp3) is 0.500. The van der Waals surface area contributed by atoms with Gasteiger partial charge in [0.1, 0.15) is 6.04 Å². The molecular formula is C16H24N2O3. The average Bonchev–Trinajstić information content (AvgIpc) is 2.44. The maximum Gasteiger partial charge on any atom is 0.326 e. The quantitative estimate of drug-likeness (QED) is 0.723. The van der Waals surface area contributed by atoms with Gasteiger partial charge in [-0.3, -0.25) is 0 Å². The fourth-order valence-electron chi connectivity index (χ4n) is 2.16. The van der Waals surface area contributed by atoms with E-state index in [1.54, 1.807) is 0 Å². The molecule has 0 aromatic heterocycles. The molecule has 1 aromatic rings. The third-order valence-corrected chi connectivity index (χ3v) is 3.23. The third-order valence-electron chi connectivity index (χ3n) is 3.23. The topological polar surface area (TPSA) is 78.4 Å². The van der Waals surface area contributed by atoms with Crippen molar-refractivity contribution < 1.29 is 14.7 Å². The number of carboxylic acids is 1. The summed E-state index contributed by atoms with van der Waals surface area (Å²) in [6.07, 6.45) is 1.14. The Bertz CT molecular complexity index is 460. The summed E-state index contributed by atoms with van der Waals surface area (Å²) >= 11 is 0. The molecule has 0 heterocycles. The standard InChI is InChI=1S/C16H24N2O3/c1-4-13(12-8-6-5-7-9-12)17-16(21)18-14(15(19)20)10-11(2)3/h5-9,11,13-14H,4,10H2,1-3H3,(H,19,20)(H2,17,18,21). The van der Waals surface area contributed by atoms with Crippen molar-refractivity contribution in [2.45, 2.75) is 45.7 Å². The van der Waals surface area contributed by atoms with Gasteiger partial charge in [-0.05, 0) is 24.3 Å². The molecule has 0 aliphatic rings. The van der Waals surface area contributed by atoms with E-state index in [9.17, 15) is 9.59 Å². The minimum atomic E-state index is -1.01. The summed E-state index contributed by atoms with van der Waals surface area (Å²) in [5, 5.41) is 14.5. The molecule has 3 N–H and O–H groups in total. The maximum absolute atomic E-state index is 12.0. The molecule has 5 heteroatoms. The number of rotatable bonds is 7. The Labute approximate surface area is 125 Å². The highest BCUT2D eigenvalue weighted by Crippen LogP contribution is 2.15. The van der Waals surface area contributed by atoms with E-state index in [0.29, 0.717) is 6.42 Å². The Hall–Kier alpha value is -2.04. The summed E-state index contributed by atoms with van der Waals surface area (Å²) in [5.74, 6) is -0.811. The van der Waals surface area contributed by atoms with Crippen molar-refractivity contribution in [3.8, 4) is 0 Å². The van der Waals surface area contributed by atoms with E-state index in [1.165, 1.54) is 0 Å². The first kappa shape index (κ1) is 17.0. The van der Waals surface area contributed by atoms with E-state index in [4.69, 9.17) is 5.11 Å². The van der Waals surface area contributed by atoms with Crippen LogP contribution in [0.15, 0.2) is 30.3 Å². The Kier molecular flexibility index (Phi) is 6.72. The van der Waals surface area contributed by atoms with Gasteiger partial charge in [-0.2, -0.15) is 0 Å². The van der Waals surface area contributed by atoms with Gasteiger partial charge < -0.3 is 15.7 Å². The van der Waals surface area contributed by atoms with Crippen molar-refractivity contribution >= 4 is 12.0 Å². The molecule has 0 spiro atoms. The molecule has 21 heavy (non-hydrogen) atoms. The Morgan fingerprint density at radius 3 is 2.24 bits per heavy atom. The zero-order chi connectivity index (χ0) is 15.8. The summed E-state index contributed by atoms with van der Waals surface area (Å²) in [7, 11) is 0. The van der Waals surface area contributed by atoms with Gasteiger partial charge in [-0.15, -0.1) is 0 Å². The first-order valence-corrected chi connectivity index (χ1v) is 7.28. The van der Waals surface area contributed by atoms with Crippen molar-refractivity contribution in [2.75, 3.05) is 0 Å². The fourth-order valence-corrected chi connectivity index (χ4v) is 2.16. The molecule has 0 bridgehead atoms. The van der Waals surface area contributed by atoms with Gasteiger partial charge in [0.15, 0.2) is 0 Å². The average molecular weight is 292 g/mol. The first-order chi connectivity index (χ1) is 9.93. The number of hydrogen-bond acceptors (Lipinski definition) is 2. The van der Waals surface area contributed by atoms with Crippen LogP contribution in [0.4, 0.5) is 4.79 Å². The summed E-state index contributed by atoms with van der Waals surface area (Å²) in [6.45, 7) is 5.82. The molecule has 1 rings (SSSR count). The Morgan fingerprint density at radius 2 is 1.76 bits per heavy atom. The third kappa shape index (κ3) is 5.85. The normalized spacial score (nSPS) is 13.5. The lowest BCUT2D eigenvalue weighted by Gasteiger charge is -2.21. The number of carboxylic acid groups (broad SMARTS) is 1. The zero-order valence-corrected chi connectivity index (χ0v) is 12.8. The summed E-state index contributed by atoms with van der Waals surface area (Å²) in [4.78, 5) is 23.1. The monoisotopic (exact) mass is 292 g/mol. The van der Waals surface area contributed by atoms with Crippen molar-refractivity contribution in [1.29, 1.82) is 0 Å². The second-order valence-electron chi connectivity index (χ2n) is 5.51. The number of urea groups is 1. The van der Waals surface area contributed by atoms with E-state index in [1.807, 2.05) is 51.1 Å². The predicted molar refractivity (Wildman–Crippen MR) is 82.0 cm³/mol. The highest BCUT2D eigenvalue weighted by molar-refractivity contribution is 5.82. The first-order valence-electron chi connectivity index (χ1n) is 7.28. The molecule has 0 radical (unpaired) electrons. The van der Waals surface area contributed by atoms with Crippen LogP contribution >= 0.6 is 0 Å². The minimum absolute atomic E-state index is 0.125. The van der Waals surface area contributed by atoms with Crippen LogP contribution in [0.1, 0.15) is 45.2 Å². The molecule has 0 saturated heterocycles. The number of aliphatic carboxylic acids is 1. The SMILES string of the molecule is CCC(NC(=O)NC(CC(C)C)C(=O)O)c1ccccc1. The highest BCUT2D eigenvalue weighted by atomic mass is 16.4. The van der Waals surface area contributed by atoms with Gasteiger partial charge >= 0.3 is 12.0 Å². The highest BCUT2D eigenvalue weighted by Gasteiger charge is 2.22. The molecule has 0 aliphatic heterocycles. The van der Waals surface area contributed by atoms with Crippen molar-refractivity contribution in [3.05, 3.63) is 35.9 Å². The molecule has 2 unspecified atom stereocenters. The number of carbonyl (C=O) groups is 2. The van der Waals surface area contributed by atoms with Gasteiger partial charge in [-0.1, -0.05) is 51.1 Å². The lowest BCUT2D eigenvalue weighted by atomic mass is 10.0. The predicted octanol–water partition coefficient (Wildman–Crippen LogP) is 2.94. The molecule has 1 aromatic carbocycles. The van der Waals surface area contributed by atoms with E-state index in [0.717, 1.165) is 12.0 Å². The Morgan fingerprint density at radius 1 is 1.14 bits per heavy atom. The van der Waals surface area contributed by atoms with Gasteiger partial charge in [0.25, 0.3) is 0 Å². The number of nitrogens with one attached hydrogen (secondary N) is 2. The van der Waals surface area contributed by atoms with Crippen LogP contribution in [0.3, 0.4) is 0 Å². The largest absolute Gasteiger partial charge is 0.480 e. The lowest BCUT2D eigenvalue weighted by Crippen LogP contribution is -2.47.